The Labute approximate surface area is 155 Å². The molecule has 2 aromatic carbocycles. The first-order valence-corrected chi connectivity index (χ1v) is 8.71. The predicted molar refractivity (Wildman–Crippen MR) is 97.3 cm³/mol. The first-order chi connectivity index (χ1) is 12.9. The smallest absolute Gasteiger partial charge is 0.382 e. The number of rotatable bonds is 3. The predicted octanol–water partition coefficient (Wildman–Crippen LogP) is 4.66. The normalized spacial score (nSPS) is 11.7. The van der Waals surface area contributed by atoms with Crippen molar-refractivity contribution in [1.29, 1.82) is 0 Å². The van der Waals surface area contributed by atoms with Gasteiger partial charge in [0.25, 0.3) is 0 Å². The molecule has 0 amide bonds. The molecule has 27 heavy (non-hydrogen) atoms. The quantitative estimate of drug-likeness (QED) is 0.555. The second-order valence-electron chi connectivity index (χ2n) is 5.69. The van der Waals surface area contributed by atoms with Gasteiger partial charge in [-0.2, -0.15) is 17.9 Å². The molecule has 2 aromatic heterocycles. The molecule has 2 heterocycles. The molecule has 2 N–H and O–H groups in total. The number of thiazole rings is 1. The lowest BCUT2D eigenvalue weighted by molar-refractivity contribution is -0.137. The third kappa shape index (κ3) is 3.28. The van der Waals surface area contributed by atoms with Crippen molar-refractivity contribution in [2.24, 2.45) is 0 Å². The molecule has 0 saturated heterocycles. The van der Waals surface area contributed by atoms with Gasteiger partial charge in [-0.15, -0.1) is 16.4 Å². The summed E-state index contributed by atoms with van der Waals surface area (Å²) in [6.07, 6.45) is -4.45. The van der Waals surface area contributed by atoms with Crippen LogP contribution in [0.15, 0.2) is 60.0 Å². The summed E-state index contributed by atoms with van der Waals surface area (Å²) >= 11 is 1.34. The summed E-state index contributed by atoms with van der Waals surface area (Å²) < 4.78 is 40.0. The minimum absolute atomic E-state index is 0.128. The Kier molecular flexibility index (Phi) is 4.15. The zero-order chi connectivity index (χ0) is 19.0. The Morgan fingerprint density at radius 1 is 1.00 bits per heavy atom. The second-order valence-corrected chi connectivity index (χ2v) is 6.55. The van der Waals surface area contributed by atoms with Gasteiger partial charge < -0.3 is 5.73 Å². The van der Waals surface area contributed by atoms with Crippen molar-refractivity contribution in [1.82, 2.24) is 20.0 Å². The summed E-state index contributed by atoms with van der Waals surface area (Å²) in [4.78, 5) is 4.52. The van der Waals surface area contributed by atoms with Gasteiger partial charge in [0.05, 0.1) is 16.9 Å². The van der Waals surface area contributed by atoms with Crippen LogP contribution in [0.4, 0.5) is 19.0 Å². The van der Waals surface area contributed by atoms with Crippen LogP contribution in [0.3, 0.4) is 0 Å². The molecule has 0 radical (unpaired) electrons. The lowest BCUT2D eigenvalue weighted by atomic mass is 10.2. The summed E-state index contributed by atoms with van der Waals surface area (Å²) in [5.74, 6) is 0.128. The van der Waals surface area contributed by atoms with Crippen molar-refractivity contribution in [3.63, 3.8) is 0 Å². The molecule has 0 spiro atoms. The van der Waals surface area contributed by atoms with Crippen LogP contribution < -0.4 is 5.73 Å². The van der Waals surface area contributed by atoms with E-state index in [9.17, 15) is 13.2 Å². The molecule has 0 atom stereocenters. The molecule has 0 bridgehead atoms. The van der Waals surface area contributed by atoms with Crippen molar-refractivity contribution in [2.75, 3.05) is 5.73 Å². The van der Waals surface area contributed by atoms with Gasteiger partial charge in [-0.3, -0.25) is 0 Å². The van der Waals surface area contributed by atoms with E-state index in [0.29, 0.717) is 10.7 Å². The molecule has 0 unspecified atom stereocenters. The van der Waals surface area contributed by atoms with Crippen LogP contribution in [-0.2, 0) is 6.18 Å². The highest BCUT2D eigenvalue weighted by atomic mass is 32.1. The summed E-state index contributed by atoms with van der Waals surface area (Å²) in [7, 11) is 0. The van der Waals surface area contributed by atoms with Gasteiger partial charge in [-0.1, -0.05) is 41.6 Å². The van der Waals surface area contributed by atoms with Gasteiger partial charge in [0.1, 0.15) is 5.01 Å². The van der Waals surface area contributed by atoms with E-state index in [0.717, 1.165) is 23.4 Å². The molecule has 4 rings (SSSR count). The van der Waals surface area contributed by atoms with Crippen LogP contribution in [0.1, 0.15) is 5.56 Å². The zero-order valence-corrected chi connectivity index (χ0v) is 14.5. The number of hydrogen-bond donors (Lipinski definition) is 1. The third-order valence-corrected chi connectivity index (χ3v) is 4.75. The minimum atomic E-state index is -4.45. The first-order valence-electron chi connectivity index (χ1n) is 7.83. The van der Waals surface area contributed by atoms with E-state index < -0.39 is 11.7 Å². The van der Waals surface area contributed by atoms with Crippen molar-refractivity contribution >= 4 is 17.2 Å². The van der Waals surface area contributed by atoms with Crippen molar-refractivity contribution in [2.45, 2.75) is 6.18 Å². The highest BCUT2D eigenvalue weighted by Crippen LogP contribution is 2.33. The summed E-state index contributed by atoms with van der Waals surface area (Å²) in [5.41, 5.74) is 7.55. The van der Waals surface area contributed by atoms with E-state index in [-0.39, 0.29) is 11.5 Å². The number of benzene rings is 2. The van der Waals surface area contributed by atoms with Crippen LogP contribution in [0.5, 0.6) is 0 Å². The number of halogens is 3. The van der Waals surface area contributed by atoms with E-state index in [2.05, 4.69) is 15.3 Å². The molecular formula is C18H12F3N5S. The SMILES string of the molecule is Nc1c(-c2nc(-c3ccccc3)cs2)nnn1-c1cccc(C(F)(F)F)c1. The molecule has 136 valence electrons. The van der Waals surface area contributed by atoms with Crippen LogP contribution in [0.25, 0.3) is 27.6 Å². The fourth-order valence-corrected chi connectivity index (χ4v) is 3.39. The molecule has 0 aliphatic carbocycles. The van der Waals surface area contributed by atoms with Gasteiger partial charge in [0, 0.05) is 10.9 Å². The maximum Gasteiger partial charge on any atom is 0.416 e. The highest BCUT2D eigenvalue weighted by Gasteiger charge is 2.31. The number of hydrogen-bond acceptors (Lipinski definition) is 5. The first kappa shape index (κ1) is 17.2. The largest absolute Gasteiger partial charge is 0.416 e. The fraction of sp³-hybridized carbons (Fsp3) is 0.0556. The van der Waals surface area contributed by atoms with E-state index in [4.69, 9.17) is 5.73 Å². The second kappa shape index (κ2) is 6.51. The van der Waals surface area contributed by atoms with Crippen LogP contribution in [0, 0.1) is 0 Å². The standard InChI is InChI=1S/C18H12F3N5S/c19-18(20,21)12-7-4-8-13(9-12)26-16(22)15(24-25-26)17-23-14(10-27-17)11-5-2-1-3-6-11/h1-10H,22H2. The average molecular weight is 387 g/mol. The molecule has 9 heteroatoms. The Bertz CT molecular complexity index is 1090. The van der Waals surface area contributed by atoms with Crippen LogP contribution in [0.2, 0.25) is 0 Å². The molecule has 4 aromatic rings. The summed E-state index contributed by atoms with van der Waals surface area (Å²) in [5, 5.41) is 10.3. The monoisotopic (exact) mass is 387 g/mol. The number of alkyl halides is 3. The van der Waals surface area contributed by atoms with E-state index in [1.165, 1.54) is 28.2 Å². The molecule has 0 aliphatic rings. The minimum Gasteiger partial charge on any atom is -0.382 e. The maximum absolute atomic E-state index is 12.9. The third-order valence-electron chi connectivity index (χ3n) is 3.90. The average Bonchev–Trinajstić information content (AvgIpc) is 3.28. The van der Waals surface area contributed by atoms with Gasteiger partial charge in [-0.05, 0) is 18.2 Å². The zero-order valence-electron chi connectivity index (χ0n) is 13.7. The van der Waals surface area contributed by atoms with E-state index in [1.54, 1.807) is 0 Å². The molecular weight excluding hydrogens is 375 g/mol. The molecule has 0 saturated carbocycles. The van der Waals surface area contributed by atoms with E-state index in [1.807, 2.05) is 35.7 Å². The van der Waals surface area contributed by atoms with Crippen molar-refractivity contribution in [3.8, 4) is 27.6 Å². The number of anilines is 1. The van der Waals surface area contributed by atoms with Crippen molar-refractivity contribution in [3.05, 3.63) is 65.5 Å². The van der Waals surface area contributed by atoms with Crippen LogP contribution in [-0.4, -0.2) is 20.0 Å². The lowest BCUT2D eigenvalue weighted by Gasteiger charge is -2.09. The maximum atomic E-state index is 12.9. The van der Waals surface area contributed by atoms with Gasteiger partial charge >= 0.3 is 6.18 Å². The Hall–Kier alpha value is -3.20. The Balaban J connectivity index is 1.71. The molecule has 0 aliphatic heterocycles. The van der Waals surface area contributed by atoms with Gasteiger partial charge in [-0.25, -0.2) is 4.98 Å². The van der Waals surface area contributed by atoms with Gasteiger partial charge in [0.2, 0.25) is 0 Å². The summed E-state index contributed by atoms with van der Waals surface area (Å²) in [6.45, 7) is 0. The number of nitrogen functional groups attached to an aromatic ring is 1. The highest BCUT2D eigenvalue weighted by molar-refractivity contribution is 7.13. The van der Waals surface area contributed by atoms with Gasteiger partial charge in [0.15, 0.2) is 11.5 Å². The number of nitrogens with zero attached hydrogens (tertiary/aromatic N) is 4. The Morgan fingerprint density at radius 2 is 1.78 bits per heavy atom. The fourth-order valence-electron chi connectivity index (χ4n) is 2.57. The molecule has 0 fully saturated rings. The number of aromatic nitrogens is 4. The van der Waals surface area contributed by atoms with Crippen LogP contribution >= 0.6 is 11.3 Å². The van der Waals surface area contributed by atoms with Crippen molar-refractivity contribution < 1.29 is 13.2 Å². The lowest BCUT2D eigenvalue weighted by Crippen LogP contribution is -2.08. The molecule has 5 nitrogen and oxygen atoms in total. The van der Waals surface area contributed by atoms with E-state index >= 15 is 0 Å². The Morgan fingerprint density at radius 3 is 2.52 bits per heavy atom. The topological polar surface area (TPSA) is 69.6 Å². The number of nitrogens with two attached hydrogens (primary N) is 1. The summed E-state index contributed by atoms with van der Waals surface area (Å²) in [6, 6.07) is 14.4.